The molecule has 1 aliphatic heterocycles. The van der Waals surface area contributed by atoms with Crippen LogP contribution in [-0.4, -0.2) is 61.5 Å². The number of piperazine rings is 1. The average Bonchev–Trinajstić information content (AvgIpc) is 2.33. The lowest BCUT2D eigenvalue weighted by Gasteiger charge is -2.32. The van der Waals surface area contributed by atoms with Crippen LogP contribution in [0.5, 0.6) is 0 Å². The molecule has 0 spiro atoms. The largest absolute Gasteiger partial charge is 1.00 e. The minimum atomic E-state index is 0. The summed E-state index contributed by atoms with van der Waals surface area (Å²) in [6, 6.07) is 0.448. The molecule has 0 aromatic heterocycles. The minimum absolute atomic E-state index is 0. The van der Waals surface area contributed by atoms with Gasteiger partial charge in [-0.15, -0.1) is 0 Å². The molecule has 0 aromatic rings. The van der Waals surface area contributed by atoms with Gasteiger partial charge in [0.25, 0.3) is 0 Å². The number of likely N-dealkylation sites (N-methyl/N-ethyl adjacent to an activating group) is 1. The molecule has 1 saturated heterocycles. The zero-order valence-electron chi connectivity index (χ0n) is 11.3. The lowest BCUT2D eigenvalue weighted by molar-refractivity contribution is -0.123. The molecule has 5 heteroatoms. The molecule has 0 atom stereocenters. The Bertz CT molecular complexity index is 249. The van der Waals surface area contributed by atoms with Gasteiger partial charge in [-0.05, 0) is 19.9 Å². The molecular weight excluding hydrogens is 250 g/mol. The van der Waals surface area contributed by atoms with Crippen LogP contribution in [0.2, 0.25) is 0 Å². The van der Waals surface area contributed by atoms with Gasteiger partial charge in [-0.25, -0.2) is 0 Å². The van der Waals surface area contributed by atoms with Gasteiger partial charge in [0, 0.05) is 32.2 Å². The van der Waals surface area contributed by atoms with Gasteiger partial charge in [0.15, 0.2) is 0 Å². The van der Waals surface area contributed by atoms with Crippen LogP contribution in [0.4, 0.5) is 0 Å². The van der Waals surface area contributed by atoms with E-state index >= 15 is 0 Å². The van der Waals surface area contributed by atoms with Gasteiger partial charge < -0.3 is 22.6 Å². The van der Waals surface area contributed by atoms with E-state index in [1.807, 2.05) is 0 Å². The van der Waals surface area contributed by atoms with Gasteiger partial charge in [0.2, 0.25) is 5.91 Å². The van der Waals surface area contributed by atoms with Gasteiger partial charge in [0.05, 0.1) is 6.54 Å². The number of rotatable bonds is 3. The normalized spacial score (nSPS) is 23.4. The molecule has 1 amide bonds. The fourth-order valence-electron chi connectivity index (χ4n) is 2.73. The Balaban J connectivity index is 0.00000162. The Morgan fingerprint density at radius 2 is 1.72 bits per heavy atom. The molecule has 0 radical (unpaired) electrons. The van der Waals surface area contributed by atoms with Crippen LogP contribution in [0.25, 0.3) is 0 Å². The number of hydrogen-bond donors (Lipinski definition) is 1. The van der Waals surface area contributed by atoms with Crippen molar-refractivity contribution in [2.45, 2.75) is 38.1 Å². The molecule has 0 unspecified atom stereocenters. The third kappa shape index (κ3) is 5.12. The third-order valence-electron chi connectivity index (χ3n) is 3.93. The average molecular weight is 275 g/mol. The van der Waals surface area contributed by atoms with E-state index in [0.717, 1.165) is 26.2 Å². The van der Waals surface area contributed by atoms with E-state index in [1.165, 1.54) is 32.1 Å². The molecule has 106 valence electrons. The molecular formula is C13H25ClN3O-. The zero-order valence-corrected chi connectivity index (χ0v) is 12.1. The fraction of sp³-hybridized carbons (Fsp3) is 0.923. The zero-order chi connectivity index (χ0) is 12.1. The summed E-state index contributed by atoms with van der Waals surface area (Å²) in [5.41, 5.74) is 0. The van der Waals surface area contributed by atoms with Crippen LogP contribution in [0, 0.1) is 0 Å². The van der Waals surface area contributed by atoms with Crippen LogP contribution in [-0.2, 0) is 4.79 Å². The fourth-order valence-corrected chi connectivity index (χ4v) is 2.73. The van der Waals surface area contributed by atoms with Crippen molar-refractivity contribution in [3.05, 3.63) is 0 Å². The van der Waals surface area contributed by atoms with Gasteiger partial charge in [-0.3, -0.25) is 9.69 Å². The summed E-state index contributed by atoms with van der Waals surface area (Å²) in [4.78, 5) is 16.5. The molecule has 1 saturated carbocycles. The van der Waals surface area contributed by atoms with Gasteiger partial charge >= 0.3 is 0 Å². The topological polar surface area (TPSA) is 35.6 Å². The van der Waals surface area contributed by atoms with Crippen molar-refractivity contribution >= 4 is 5.91 Å². The van der Waals surface area contributed by atoms with E-state index in [9.17, 15) is 4.79 Å². The second-order valence-corrected chi connectivity index (χ2v) is 5.48. The van der Waals surface area contributed by atoms with E-state index < -0.39 is 0 Å². The number of amides is 1. The summed E-state index contributed by atoms with van der Waals surface area (Å²) in [5, 5.41) is 3.18. The Kier molecular flexibility index (Phi) is 6.97. The number of nitrogens with zero attached hydrogens (tertiary/aromatic N) is 2. The molecule has 1 aliphatic carbocycles. The first-order valence-electron chi connectivity index (χ1n) is 6.94. The standard InChI is InChI=1S/C13H25N3O.ClH/c1-15-7-9-16(10-8-15)11-13(17)14-12-5-3-2-4-6-12;/h12H,2-11H2,1H3,(H,14,17);1H/p-1. The van der Waals surface area contributed by atoms with Crippen molar-refractivity contribution in [1.29, 1.82) is 0 Å². The predicted octanol–water partition coefficient (Wildman–Crippen LogP) is -2.31. The quantitative estimate of drug-likeness (QED) is 0.628. The lowest BCUT2D eigenvalue weighted by Crippen LogP contribution is -3.00. The van der Waals surface area contributed by atoms with Crippen molar-refractivity contribution in [3.8, 4) is 0 Å². The molecule has 0 aromatic carbocycles. The molecule has 2 fully saturated rings. The van der Waals surface area contributed by atoms with E-state index in [-0.39, 0.29) is 18.3 Å². The summed E-state index contributed by atoms with van der Waals surface area (Å²) in [5.74, 6) is 0.224. The van der Waals surface area contributed by atoms with Crippen LogP contribution in [0.3, 0.4) is 0 Å². The van der Waals surface area contributed by atoms with Crippen molar-refractivity contribution in [1.82, 2.24) is 15.1 Å². The first-order valence-corrected chi connectivity index (χ1v) is 6.94. The third-order valence-corrected chi connectivity index (χ3v) is 3.93. The maximum atomic E-state index is 11.9. The molecule has 1 heterocycles. The smallest absolute Gasteiger partial charge is 0.234 e. The number of hydrogen-bond acceptors (Lipinski definition) is 3. The Morgan fingerprint density at radius 1 is 1.11 bits per heavy atom. The highest BCUT2D eigenvalue weighted by atomic mass is 35.5. The Hall–Kier alpha value is -0.320. The van der Waals surface area contributed by atoms with Crippen molar-refractivity contribution < 1.29 is 17.2 Å². The number of nitrogens with one attached hydrogen (secondary N) is 1. The second-order valence-electron chi connectivity index (χ2n) is 5.48. The minimum Gasteiger partial charge on any atom is -1.00 e. The highest BCUT2D eigenvalue weighted by molar-refractivity contribution is 5.78. The highest BCUT2D eigenvalue weighted by Gasteiger charge is 2.19. The van der Waals surface area contributed by atoms with Crippen molar-refractivity contribution in [2.75, 3.05) is 39.8 Å². The van der Waals surface area contributed by atoms with Crippen LogP contribution >= 0.6 is 0 Å². The molecule has 1 N–H and O–H groups in total. The van der Waals surface area contributed by atoms with Crippen molar-refractivity contribution in [3.63, 3.8) is 0 Å². The first-order chi connectivity index (χ1) is 8.24. The molecule has 2 aliphatic rings. The van der Waals surface area contributed by atoms with E-state index in [0.29, 0.717) is 12.6 Å². The first kappa shape index (κ1) is 15.7. The van der Waals surface area contributed by atoms with Crippen molar-refractivity contribution in [2.24, 2.45) is 0 Å². The van der Waals surface area contributed by atoms with Gasteiger partial charge in [-0.1, -0.05) is 19.3 Å². The lowest BCUT2D eigenvalue weighted by atomic mass is 9.95. The summed E-state index contributed by atoms with van der Waals surface area (Å²) in [6.07, 6.45) is 6.24. The van der Waals surface area contributed by atoms with E-state index in [1.54, 1.807) is 0 Å². The number of carbonyl (C=O) groups excluding carboxylic acids is 1. The summed E-state index contributed by atoms with van der Waals surface area (Å²) in [7, 11) is 2.14. The van der Waals surface area contributed by atoms with E-state index in [2.05, 4.69) is 22.2 Å². The highest BCUT2D eigenvalue weighted by Crippen LogP contribution is 2.17. The van der Waals surface area contributed by atoms with Gasteiger partial charge in [0.1, 0.15) is 0 Å². The summed E-state index contributed by atoms with van der Waals surface area (Å²) >= 11 is 0. The maximum Gasteiger partial charge on any atom is 0.234 e. The maximum absolute atomic E-state index is 11.9. The molecule has 18 heavy (non-hydrogen) atoms. The molecule has 2 rings (SSSR count). The van der Waals surface area contributed by atoms with Crippen LogP contribution in [0.15, 0.2) is 0 Å². The summed E-state index contributed by atoms with van der Waals surface area (Å²) in [6.45, 7) is 4.79. The van der Waals surface area contributed by atoms with Gasteiger partial charge in [-0.2, -0.15) is 0 Å². The van der Waals surface area contributed by atoms with Crippen LogP contribution in [0.1, 0.15) is 32.1 Å². The Labute approximate surface area is 116 Å². The monoisotopic (exact) mass is 274 g/mol. The number of halogens is 1. The van der Waals surface area contributed by atoms with Crippen LogP contribution < -0.4 is 17.7 Å². The number of carbonyl (C=O) groups is 1. The molecule has 4 nitrogen and oxygen atoms in total. The summed E-state index contributed by atoms with van der Waals surface area (Å²) < 4.78 is 0. The SMILES string of the molecule is CN1CCN(CC(=O)NC2CCCCC2)CC1.[Cl-]. The predicted molar refractivity (Wildman–Crippen MR) is 69.0 cm³/mol. The Morgan fingerprint density at radius 3 is 2.33 bits per heavy atom. The van der Waals surface area contributed by atoms with E-state index in [4.69, 9.17) is 0 Å². The molecule has 0 bridgehead atoms. The second kappa shape index (κ2) is 7.97.